The molecule has 14 heteroatoms. The Morgan fingerprint density at radius 3 is 1.91 bits per heavy atom. The van der Waals surface area contributed by atoms with Gasteiger partial charge in [0.05, 0.1) is 62.4 Å². The van der Waals surface area contributed by atoms with Crippen LogP contribution in [-0.2, 0) is 25.5 Å². The van der Waals surface area contributed by atoms with Gasteiger partial charge in [0.1, 0.15) is 44.5 Å². The van der Waals surface area contributed by atoms with E-state index in [-0.39, 0.29) is 37.0 Å². The topological polar surface area (TPSA) is 114 Å². The van der Waals surface area contributed by atoms with Crippen LogP contribution >= 0.6 is 23.5 Å². The second-order valence-corrected chi connectivity index (χ2v) is 15.2. The number of aromatic nitrogens is 1. The largest absolute Gasteiger partial charge is 0.490 e. The molecule has 2 aliphatic rings. The summed E-state index contributed by atoms with van der Waals surface area (Å²) >= 11 is 2.24. The summed E-state index contributed by atoms with van der Waals surface area (Å²) in [6.07, 6.45) is 17.7. The number of aryl methyl sites for hydroxylation is 1. The minimum atomic E-state index is -0.349. The maximum atomic E-state index is 12.1. The first-order valence-corrected chi connectivity index (χ1v) is 21.3. The number of thioether (sulfide) groups is 2. The van der Waals surface area contributed by atoms with Crippen molar-refractivity contribution < 1.29 is 47.6 Å². The molecule has 5 rings (SSSR count). The van der Waals surface area contributed by atoms with Gasteiger partial charge in [0.2, 0.25) is 0 Å². The number of fused-ring (bicyclic) bond motifs is 2. The van der Waals surface area contributed by atoms with Gasteiger partial charge in [-0.25, -0.2) is 19.1 Å². The van der Waals surface area contributed by atoms with Crippen molar-refractivity contribution in [3.05, 3.63) is 108 Å². The minimum absolute atomic E-state index is 0.161. The van der Waals surface area contributed by atoms with E-state index in [1.165, 1.54) is 0 Å². The van der Waals surface area contributed by atoms with E-state index < -0.39 is 0 Å². The summed E-state index contributed by atoms with van der Waals surface area (Å²) in [4.78, 5) is 31.7. The fourth-order valence-electron chi connectivity index (χ4n) is 5.70. The lowest BCUT2D eigenvalue weighted by atomic mass is 10.1. The molecule has 0 spiro atoms. The Labute approximate surface area is 350 Å². The molecule has 0 radical (unpaired) electrons. The number of nitrogens with one attached hydrogen (secondary N) is 1. The van der Waals surface area contributed by atoms with Gasteiger partial charge in [-0.1, -0.05) is 49.1 Å². The summed E-state index contributed by atoms with van der Waals surface area (Å²) in [5.41, 5.74) is 6.38. The zero-order valence-electron chi connectivity index (χ0n) is 33.3. The summed E-state index contributed by atoms with van der Waals surface area (Å²) in [6.45, 7) is 9.89. The normalized spacial score (nSPS) is 14.0. The van der Waals surface area contributed by atoms with E-state index in [9.17, 15) is 9.59 Å². The highest BCUT2D eigenvalue weighted by atomic mass is 32.2. The highest BCUT2D eigenvalue weighted by molar-refractivity contribution is 8.13. The summed E-state index contributed by atoms with van der Waals surface area (Å²) < 4.78 is 35.0. The molecule has 1 aromatic heterocycles. The molecule has 58 heavy (non-hydrogen) atoms. The van der Waals surface area contributed by atoms with Gasteiger partial charge in [0.25, 0.3) is 0 Å². The number of anilines is 2. The van der Waals surface area contributed by atoms with Crippen LogP contribution in [-0.4, -0.2) is 115 Å². The number of allylic oxidation sites excluding steroid dienone is 4. The van der Waals surface area contributed by atoms with E-state index in [1.54, 1.807) is 6.08 Å². The summed E-state index contributed by atoms with van der Waals surface area (Å²) in [7, 11) is 4.14. The van der Waals surface area contributed by atoms with Gasteiger partial charge >= 0.3 is 10.6 Å². The van der Waals surface area contributed by atoms with Crippen molar-refractivity contribution >= 4 is 69.9 Å². The first-order chi connectivity index (χ1) is 28.4. The number of hydrogen-bond acceptors (Lipinski definition) is 12. The van der Waals surface area contributed by atoms with Crippen LogP contribution in [0.25, 0.3) is 18.2 Å². The number of nitrogens with zero attached hydrogens (tertiary/aromatic N) is 3. The molecule has 12 nitrogen and oxygen atoms in total. The third-order valence-electron chi connectivity index (χ3n) is 8.94. The van der Waals surface area contributed by atoms with E-state index in [0.29, 0.717) is 51.0 Å². The van der Waals surface area contributed by atoms with Gasteiger partial charge in [-0.15, -0.1) is 0 Å². The Kier molecular flexibility index (Phi) is 18.8. The fourth-order valence-corrected chi connectivity index (χ4v) is 6.89. The molecule has 2 aromatic carbocycles. The van der Waals surface area contributed by atoms with E-state index in [4.69, 9.17) is 28.4 Å². The van der Waals surface area contributed by atoms with Crippen LogP contribution in [0.4, 0.5) is 21.0 Å². The Balaban J connectivity index is 0.816. The Bertz CT molecular complexity index is 1920. The molecule has 0 unspecified atom stereocenters. The van der Waals surface area contributed by atoms with E-state index in [1.807, 2.05) is 59.6 Å². The van der Waals surface area contributed by atoms with Crippen molar-refractivity contribution in [1.82, 2.24) is 0 Å². The van der Waals surface area contributed by atoms with Gasteiger partial charge in [-0.2, -0.15) is 0 Å². The van der Waals surface area contributed by atoms with E-state index in [2.05, 4.69) is 78.0 Å². The average Bonchev–Trinajstić information content (AvgIpc) is 3.23. The molecule has 0 atom stereocenters. The summed E-state index contributed by atoms with van der Waals surface area (Å²) in [6, 6.07) is 16.5. The Morgan fingerprint density at radius 2 is 1.31 bits per heavy atom. The number of hydrogen-bond donors (Lipinski definition) is 1. The Morgan fingerprint density at radius 1 is 0.759 bits per heavy atom. The zero-order chi connectivity index (χ0) is 40.8. The zero-order valence-corrected chi connectivity index (χ0v) is 35.0. The quantitative estimate of drug-likeness (QED) is 0.0478. The van der Waals surface area contributed by atoms with Crippen molar-refractivity contribution in [2.45, 2.75) is 6.54 Å². The van der Waals surface area contributed by atoms with Crippen molar-refractivity contribution in [3.63, 3.8) is 0 Å². The number of carbonyl (C=O) groups is 2. The van der Waals surface area contributed by atoms with Gasteiger partial charge in [0, 0.05) is 32.3 Å². The standard InChI is InChI=1S/C44H53N4O8S2/c1-4-35(5-7-37-9-11-39-41(33-37)53-23-20-46(39)2)13-16-45-17-31-57-43(49)55-29-27-51-25-26-52-28-30-56-44(50)58-32-22-48-18-14-36(15-19-48)6-8-38-10-12-40-42(34-38)54-24-21-47(40)3/h4-16,18-19,33-34H,1,17,20-32H2,2-3H3/q+1/p+1/b7-5+,35-13+,45-16?. The SMILES string of the molecule is C=CC(/C=C/c1ccc2c(c1)OCCN2C)=C\C=[NH+]CCSC(=O)OCCOCCOCCOC(=O)SCC[n+]1ccc(/C=C/c2ccc3c(c2)OCCN3C)cc1. The van der Waals surface area contributed by atoms with Gasteiger partial charge in [-0.05, 0) is 70.1 Å². The first-order valence-electron chi connectivity index (χ1n) is 19.3. The van der Waals surface area contributed by atoms with Gasteiger partial charge in [0.15, 0.2) is 25.2 Å². The number of carbonyl (C=O) groups excluding carboxylic acids is 2. The first kappa shape index (κ1) is 44.1. The predicted molar refractivity (Wildman–Crippen MR) is 234 cm³/mol. The van der Waals surface area contributed by atoms with Gasteiger partial charge < -0.3 is 38.2 Å². The molecule has 3 heterocycles. The van der Waals surface area contributed by atoms with Crippen LogP contribution < -0.4 is 28.8 Å². The molecule has 3 aromatic rings. The second kappa shape index (κ2) is 24.7. The molecular formula is C44H54N4O8S2+2. The van der Waals surface area contributed by atoms with Crippen LogP contribution in [0.15, 0.2) is 91.3 Å². The highest BCUT2D eigenvalue weighted by Gasteiger charge is 2.16. The van der Waals surface area contributed by atoms with Gasteiger partial charge in [-0.3, -0.25) is 0 Å². The molecule has 2 aliphatic heterocycles. The number of pyridine rings is 1. The Hall–Kier alpha value is -5.02. The lowest BCUT2D eigenvalue weighted by Crippen LogP contribution is -2.69. The van der Waals surface area contributed by atoms with Crippen molar-refractivity contribution in [2.24, 2.45) is 0 Å². The molecule has 1 N–H and O–H groups in total. The third-order valence-corrected chi connectivity index (χ3v) is 10.4. The minimum Gasteiger partial charge on any atom is -0.490 e. The molecule has 0 amide bonds. The lowest BCUT2D eigenvalue weighted by Gasteiger charge is -2.27. The van der Waals surface area contributed by atoms with Crippen LogP contribution in [0.5, 0.6) is 11.5 Å². The van der Waals surface area contributed by atoms with E-state index in [0.717, 1.165) is 81.8 Å². The maximum Gasteiger partial charge on any atom is 0.367 e. The molecular weight excluding hydrogens is 777 g/mol. The smallest absolute Gasteiger partial charge is 0.367 e. The van der Waals surface area contributed by atoms with E-state index >= 15 is 0 Å². The van der Waals surface area contributed by atoms with Crippen molar-refractivity contribution in [2.75, 3.05) is 108 Å². The number of rotatable bonds is 21. The molecule has 0 aliphatic carbocycles. The maximum absolute atomic E-state index is 12.1. The fraction of sp³-hybridized carbons (Fsp3) is 0.364. The third kappa shape index (κ3) is 15.4. The van der Waals surface area contributed by atoms with Crippen LogP contribution in [0.1, 0.15) is 16.7 Å². The van der Waals surface area contributed by atoms with Crippen molar-refractivity contribution in [3.8, 4) is 11.5 Å². The van der Waals surface area contributed by atoms with Crippen LogP contribution in [0.3, 0.4) is 0 Å². The van der Waals surface area contributed by atoms with Crippen molar-refractivity contribution in [1.29, 1.82) is 0 Å². The highest BCUT2D eigenvalue weighted by Crippen LogP contribution is 2.33. The number of ether oxygens (including phenoxy) is 6. The van der Waals surface area contributed by atoms with Crippen LogP contribution in [0.2, 0.25) is 0 Å². The average molecular weight is 831 g/mol. The molecule has 0 bridgehead atoms. The number of benzene rings is 2. The van der Waals surface area contributed by atoms with Crippen LogP contribution in [0, 0.1) is 0 Å². The summed E-state index contributed by atoms with van der Waals surface area (Å²) in [5.74, 6) is 2.96. The molecule has 0 fully saturated rings. The molecule has 308 valence electrons. The molecule has 0 saturated heterocycles. The lowest BCUT2D eigenvalue weighted by molar-refractivity contribution is -0.692. The predicted octanol–water partition coefficient (Wildman–Crippen LogP) is 5.55. The summed E-state index contributed by atoms with van der Waals surface area (Å²) in [5, 5.41) is -0.681. The number of likely N-dealkylation sites (N-methyl/N-ethyl adjacent to an activating group) is 2. The second-order valence-electron chi connectivity index (χ2n) is 13.1. The molecule has 0 saturated carbocycles. The monoisotopic (exact) mass is 830 g/mol.